The highest BCUT2D eigenvalue weighted by Crippen LogP contribution is 2.14. The lowest BCUT2D eigenvalue weighted by Gasteiger charge is -2.32. The van der Waals surface area contributed by atoms with E-state index < -0.39 is 5.97 Å². The average Bonchev–Trinajstić information content (AvgIpc) is 2.87. The first kappa shape index (κ1) is 14.0. The van der Waals surface area contributed by atoms with Gasteiger partial charge in [0.25, 0.3) is 5.91 Å². The van der Waals surface area contributed by atoms with Crippen LogP contribution in [0.4, 0.5) is 0 Å². The van der Waals surface area contributed by atoms with Crippen LogP contribution in [0.1, 0.15) is 39.6 Å². The van der Waals surface area contributed by atoms with Crippen LogP contribution in [-0.4, -0.2) is 53.0 Å². The van der Waals surface area contributed by atoms with Crippen LogP contribution in [0.2, 0.25) is 0 Å². The fourth-order valence-electron chi connectivity index (χ4n) is 2.16. The molecule has 0 saturated carbocycles. The molecule has 2 heterocycles. The van der Waals surface area contributed by atoms with Gasteiger partial charge in [-0.2, -0.15) is 0 Å². The quantitative estimate of drug-likeness (QED) is 0.863. The third kappa shape index (κ3) is 3.51. The second-order valence-corrected chi connectivity index (χ2v) is 5.54. The van der Waals surface area contributed by atoms with E-state index in [-0.39, 0.29) is 16.6 Å². The van der Waals surface area contributed by atoms with Gasteiger partial charge in [0.2, 0.25) is 0 Å². The smallest absolute Gasteiger partial charge is 0.355 e. The summed E-state index contributed by atoms with van der Waals surface area (Å²) in [6.45, 7) is 1.64. The Kier molecular flexibility index (Phi) is 4.49. The normalized spacial score (nSPS) is 20.2. The number of piperidine rings is 1. The number of hydrogen-bond donors (Lipinski definition) is 2. The molecule has 2 N–H and O–H groups in total. The molecule has 1 saturated heterocycles. The topological polar surface area (TPSA) is 82.5 Å². The minimum atomic E-state index is -1.11. The molecule has 1 unspecified atom stereocenters. The van der Waals surface area contributed by atoms with Crippen molar-refractivity contribution in [2.75, 3.05) is 20.1 Å². The number of carboxylic acid groups (broad SMARTS) is 1. The van der Waals surface area contributed by atoms with Gasteiger partial charge < -0.3 is 15.3 Å². The Morgan fingerprint density at radius 1 is 1.58 bits per heavy atom. The summed E-state index contributed by atoms with van der Waals surface area (Å²) >= 11 is 1.06. The molecule has 1 fully saturated rings. The predicted octanol–water partition coefficient (Wildman–Crippen LogP) is 1.06. The Hall–Kier alpha value is -1.47. The van der Waals surface area contributed by atoms with Crippen molar-refractivity contribution in [1.82, 2.24) is 15.2 Å². The molecule has 0 aromatic carbocycles. The van der Waals surface area contributed by atoms with E-state index >= 15 is 0 Å². The fourth-order valence-corrected chi connectivity index (χ4v) is 2.87. The summed E-state index contributed by atoms with van der Waals surface area (Å²) in [5.41, 5.74) is -0.0788. The molecular weight excluding hydrogens is 266 g/mol. The molecule has 1 aliphatic heterocycles. The zero-order valence-corrected chi connectivity index (χ0v) is 11.6. The van der Waals surface area contributed by atoms with Gasteiger partial charge in [0.1, 0.15) is 0 Å². The Morgan fingerprint density at radius 3 is 3.00 bits per heavy atom. The van der Waals surface area contributed by atoms with E-state index in [2.05, 4.69) is 22.2 Å². The largest absolute Gasteiger partial charge is 0.476 e. The molecular formula is C12H17N3O3S. The van der Waals surface area contributed by atoms with E-state index in [0.29, 0.717) is 12.6 Å². The van der Waals surface area contributed by atoms with Gasteiger partial charge in [-0.15, -0.1) is 11.3 Å². The van der Waals surface area contributed by atoms with Crippen LogP contribution in [-0.2, 0) is 0 Å². The lowest BCUT2D eigenvalue weighted by atomic mass is 10.0. The molecule has 2 rings (SSSR count). The Morgan fingerprint density at radius 2 is 2.37 bits per heavy atom. The van der Waals surface area contributed by atoms with E-state index in [1.54, 1.807) is 0 Å². The van der Waals surface area contributed by atoms with Gasteiger partial charge >= 0.3 is 5.97 Å². The number of carboxylic acids is 1. The first-order valence-electron chi connectivity index (χ1n) is 6.25. The second kappa shape index (κ2) is 6.12. The maximum absolute atomic E-state index is 11.9. The summed E-state index contributed by atoms with van der Waals surface area (Å²) in [5.74, 6) is -1.40. The molecule has 104 valence electrons. The van der Waals surface area contributed by atoms with Crippen LogP contribution < -0.4 is 5.32 Å². The Balaban J connectivity index is 1.88. The standard InChI is InChI=1S/C12H17N3O3S/c1-15-5-3-2-4-8(15)6-13-10(16)11-14-9(7-19-11)12(17)18/h7-8H,2-6H2,1H3,(H,13,16)(H,17,18). The molecule has 6 nitrogen and oxygen atoms in total. The first-order chi connectivity index (χ1) is 9.08. The van der Waals surface area contributed by atoms with Crippen molar-refractivity contribution in [3.05, 3.63) is 16.1 Å². The van der Waals surface area contributed by atoms with E-state index in [1.807, 2.05) is 0 Å². The number of carbonyl (C=O) groups is 2. The molecule has 7 heteroatoms. The Bertz CT molecular complexity index is 475. The maximum atomic E-state index is 11.9. The summed E-state index contributed by atoms with van der Waals surface area (Å²) in [5, 5.41) is 13.2. The summed E-state index contributed by atoms with van der Waals surface area (Å²) in [4.78, 5) is 28.6. The summed E-state index contributed by atoms with van der Waals surface area (Å²) in [6.07, 6.45) is 3.47. The molecule has 19 heavy (non-hydrogen) atoms. The van der Waals surface area contributed by atoms with Crippen molar-refractivity contribution >= 4 is 23.2 Å². The van der Waals surface area contributed by atoms with E-state index in [4.69, 9.17) is 5.11 Å². The molecule has 0 bridgehead atoms. The number of aromatic nitrogens is 1. The van der Waals surface area contributed by atoms with E-state index in [0.717, 1.165) is 24.3 Å². The average molecular weight is 283 g/mol. The van der Waals surface area contributed by atoms with Crippen molar-refractivity contribution < 1.29 is 14.7 Å². The van der Waals surface area contributed by atoms with Gasteiger partial charge in [-0.1, -0.05) is 6.42 Å². The van der Waals surface area contributed by atoms with Crippen molar-refractivity contribution in [3.8, 4) is 0 Å². The molecule has 1 aliphatic rings. The minimum Gasteiger partial charge on any atom is -0.476 e. The fraction of sp³-hybridized carbons (Fsp3) is 0.583. The number of likely N-dealkylation sites (N-methyl/N-ethyl adjacent to an activating group) is 1. The van der Waals surface area contributed by atoms with Gasteiger partial charge in [0.15, 0.2) is 10.7 Å². The molecule has 0 spiro atoms. The summed E-state index contributed by atoms with van der Waals surface area (Å²) < 4.78 is 0. The van der Waals surface area contributed by atoms with Crippen LogP contribution in [0, 0.1) is 0 Å². The van der Waals surface area contributed by atoms with Crippen LogP contribution in [0.15, 0.2) is 5.38 Å². The van der Waals surface area contributed by atoms with Gasteiger partial charge in [-0.3, -0.25) is 4.79 Å². The van der Waals surface area contributed by atoms with Crippen molar-refractivity contribution in [2.45, 2.75) is 25.3 Å². The van der Waals surface area contributed by atoms with Crippen molar-refractivity contribution in [1.29, 1.82) is 0 Å². The number of aromatic carboxylic acids is 1. The third-order valence-corrected chi connectivity index (χ3v) is 4.18. The van der Waals surface area contributed by atoms with Crippen molar-refractivity contribution in [2.24, 2.45) is 0 Å². The number of carbonyl (C=O) groups excluding carboxylic acids is 1. The van der Waals surface area contributed by atoms with Crippen molar-refractivity contribution in [3.63, 3.8) is 0 Å². The second-order valence-electron chi connectivity index (χ2n) is 4.68. The molecule has 1 aromatic rings. The number of nitrogens with one attached hydrogen (secondary N) is 1. The van der Waals surface area contributed by atoms with Gasteiger partial charge in [0, 0.05) is 18.0 Å². The molecule has 1 aromatic heterocycles. The number of amides is 1. The highest BCUT2D eigenvalue weighted by molar-refractivity contribution is 7.11. The first-order valence-corrected chi connectivity index (χ1v) is 7.13. The number of hydrogen-bond acceptors (Lipinski definition) is 5. The molecule has 0 aliphatic carbocycles. The lowest BCUT2D eigenvalue weighted by Crippen LogP contribution is -2.44. The number of likely N-dealkylation sites (tertiary alicyclic amines) is 1. The highest BCUT2D eigenvalue weighted by atomic mass is 32.1. The van der Waals surface area contributed by atoms with Crippen LogP contribution >= 0.6 is 11.3 Å². The van der Waals surface area contributed by atoms with E-state index in [1.165, 1.54) is 18.2 Å². The predicted molar refractivity (Wildman–Crippen MR) is 71.7 cm³/mol. The van der Waals surface area contributed by atoms with Crippen LogP contribution in [0.25, 0.3) is 0 Å². The number of nitrogens with zero attached hydrogens (tertiary/aromatic N) is 2. The minimum absolute atomic E-state index is 0.0788. The molecule has 1 amide bonds. The van der Waals surface area contributed by atoms with Gasteiger partial charge in [-0.05, 0) is 26.4 Å². The molecule has 1 atom stereocenters. The van der Waals surface area contributed by atoms with Gasteiger partial charge in [0.05, 0.1) is 0 Å². The third-order valence-electron chi connectivity index (χ3n) is 3.34. The van der Waals surface area contributed by atoms with Gasteiger partial charge in [-0.25, -0.2) is 9.78 Å². The van der Waals surface area contributed by atoms with Crippen LogP contribution in [0.5, 0.6) is 0 Å². The number of thiazole rings is 1. The molecule has 0 radical (unpaired) electrons. The number of rotatable bonds is 4. The summed E-state index contributed by atoms with van der Waals surface area (Å²) in [7, 11) is 2.06. The SMILES string of the molecule is CN1CCCCC1CNC(=O)c1nc(C(=O)O)cs1. The lowest BCUT2D eigenvalue weighted by molar-refractivity contribution is 0.0691. The highest BCUT2D eigenvalue weighted by Gasteiger charge is 2.20. The maximum Gasteiger partial charge on any atom is 0.355 e. The van der Waals surface area contributed by atoms with Crippen LogP contribution in [0.3, 0.4) is 0 Å². The zero-order chi connectivity index (χ0) is 13.8. The Labute approximate surface area is 115 Å². The zero-order valence-electron chi connectivity index (χ0n) is 10.8. The monoisotopic (exact) mass is 283 g/mol. The van der Waals surface area contributed by atoms with E-state index in [9.17, 15) is 9.59 Å². The summed E-state index contributed by atoms with van der Waals surface area (Å²) in [6, 6.07) is 0.358.